The average molecular weight is 252 g/mol. The molecule has 88 valence electrons. The van der Waals surface area contributed by atoms with E-state index < -0.39 is 0 Å². The molecular weight excluding hydrogens is 242 g/mol. The number of nitrogens with zero attached hydrogens (tertiary/aromatic N) is 2. The van der Waals surface area contributed by atoms with Gasteiger partial charge in [0.1, 0.15) is 5.88 Å². The molecule has 6 heteroatoms. The van der Waals surface area contributed by atoms with E-state index in [0.29, 0.717) is 17.3 Å². The molecule has 1 heterocycles. The normalized spacial score (nSPS) is 10.2. The Labute approximate surface area is 103 Å². The van der Waals surface area contributed by atoms with Gasteiger partial charge in [0.15, 0.2) is 5.82 Å². The molecule has 0 aliphatic carbocycles. The van der Waals surface area contributed by atoms with Gasteiger partial charge < -0.3 is 9.84 Å². The summed E-state index contributed by atoms with van der Waals surface area (Å²) in [4.78, 5) is 15.6. The van der Waals surface area contributed by atoms with Crippen LogP contribution in [-0.2, 0) is 12.4 Å². The molecule has 0 fully saturated rings. The number of aromatic nitrogens is 2. The van der Waals surface area contributed by atoms with Crippen LogP contribution in [0.15, 0.2) is 34.9 Å². The van der Waals surface area contributed by atoms with Crippen LogP contribution in [0.2, 0.25) is 0 Å². The van der Waals surface area contributed by atoms with E-state index in [1.807, 2.05) is 6.07 Å². The van der Waals surface area contributed by atoms with Crippen molar-refractivity contribution in [3.63, 3.8) is 0 Å². The summed E-state index contributed by atoms with van der Waals surface area (Å²) in [6.45, 7) is 0.216. The van der Waals surface area contributed by atoms with E-state index in [1.165, 1.54) is 0 Å². The van der Waals surface area contributed by atoms with Crippen LogP contribution in [0.3, 0.4) is 0 Å². The number of alkyl halides is 1. The molecule has 0 aliphatic rings. The number of hydrogen-bond acceptors (Lipinski definition) is 4. The molecule has 1 aromatic heterocycles. The molecule has 2 aromatic rings. The third-order valence-electron chi connectivity index (χ3n) is 2.07. The lowest BCUT2D eigenvalue weighted by atomic mass is 10.2. The molecule has 0 saturated heterocycles. The van der Waals surface area contributed by atoms with Crippen LogP contribution in [0.25, 0.3) is 0 Å². The van der Waals surface area contributed by atoms with E-state index in [1.54, 1.807) is 24.3 Å². The van der Waals surface area contributed by atoms with E-state index >= 15 is 0 Å². The van der Waals surface area contributed by atoms with Gasteiger partial charge in [-0.25, -0.2) is 0 Å². The third-order valence-corrected chi connectivity index (χ3v) is 2.30. The summed E-state index contributed by atoms with van der Waals surface area (Å²) >= 11 is 5.52. The van der Waals surface area contributed by atoms with Gasteiger partial charge in [-0.1, -0.05) is 23.4 Å². The Morgan fingerprint density at radius 1 is 1.35 bits per heavy atom. The van der Waals surface area contributed by atoms with Crippen molar-refractivity contribution >= 4 is 17.5 Å². The molecule has 0 atom stereocenters. The van der Waals surface area contributed by atoms with Crippen LogP contribution in [0, 0.1) is 0 Å². The zero-order valence-electron chi connectivity index (χ0n) is 8.89. The summed E-state index contributed by atoms with van der Waals surface area (Å²) in [6, 6.07) is 8.91. The van der Waals surface area contributed by atoms with Crippen molar-refractivity contribution in [2.45, 2.75) is 12.4 Å². The number of rotatable bonds is 4. The first-order valence-electron chi connectivity index (χ1n) is 5.00. The van der Waals surface area contributed by atoms with Gasteiger partial charge in [-0.15, -0.1) is 11.6 Å². The molecule has 1 aromatic carbocycles. The van der Waals surface area contributed by atoms with E-state index in [-0.39, 0.29) is 18.3 Å². The predicted molar refractivity (Wildman–Crippen MR) is 61.5 cm³/mol. The van der Waals surface area contributed by atoms with Crippen molar-refractivity contribution in [3.05, 3.63) is 47.6 Å². The zero-order valence-corrected chi connectivity index (χ0v) is 9.65. The third kappa shape index (κ3) is 3.04. The van der Waals surface area contributed by atoms with Crippen LogP contribution >= 0.6 is 11.6 Å². The van der Waals surface area contributed by atoms with Crippen molar-refractivity contribution in [2.24, 2.45) is 0 Å². The van der Waals surface area contributed by atoms with Gasteiger partial charge in [-0.05, 0) is 12.1 Å². The highest BCUT2D eigenvalue weighted by atomic mass is 35.5. The van der Waals surface area contributed by atoms with Gasteiger partial charge in [0, 0.05) is 5.56 Å². The molecule has 17 heavy (non-hydrogen) atoms. The number of nitrogens with one attached hydrogen (secondary N) is 1. The van der Waals surface area contributed by atoms with E-state index in [4.69, 9.17) is 16.1 Å². The zero-order chi connectivity index (χ0) is 12.1. The maximum Gasteiger partial charge on any atom is 0.251 e. The minimum absolute atomic E-state index is 0.166. The molecule has 2 rings (SSSR count). The minimum atomic E-state index is -0.178. The Balaban J connectivity index is 1.92. The summed E-state index contributed by atoms with van der Waals surface area (Å²) in [5.41, 5.74) is 0.591. The quantitative estimate of drug-likeness (QED) is 0.841. The molecule has 0 bridgehead atoms. The Hall–Kier alpha value is -1.88. The summed E-state index contributed by atoms with van der Waals surface area (Å²) in [5.74, 6) is 0.739. The molecule has 1 amide bonds. The minimum Gasteiger partial charge on any atom is -0.345 e. The fourth-order valence-electron chi connectivity index (χ4n) is 1.27. The van der Waals surface area contributed by atoms with Gasteiger partial charge in [0.2, 0.25) is 5.89 Å². The van der Waals surface area contributed by atoms with Crippen LogP contribution in [0.1, 0.15) is 22.1 Å². The maximum atomic E-state index is 11.7. The van der Waals surface area contributed by atoms with Crippen molar-refractivity contribution in [1.82, 2.24) is 15.5 Å². The Morgan fingerprint density at radius 2 is 2.12 bits per heavy atom. The van der Waals surface area contributed by atoms with Crippen molar-refractivity contribution in [1.29, 1.82) is 0 Å². The van der Waals surface area contributed by atoms with Gasteiger partial charge >= 0.3 is 0 Å². The molecule has 0 radical (unpaired) electrons. The Bertz CT molecular complexity index is 498. The number of hydrogen-bond donors (Lipinski definition) is 1. The standard InChI is InChI=1S/C11H10ClN3O2/c12-6-10-14-9(15-17-10)7-13-11(16)8-4-2-1-3-5-8/h1-5H,6-7H2,(H,13,16). The first-order chi connectivity index (χ1) is 8.29. The van der Waals surface area contributed by atoms with Gasteiger partial charge in [0.05, 0.1) is 6.54 Å². The lowest BCUT2D eigenvalue weighted by molar-refractivity contribution is 0.0949. The second-order valence-corrected chi connectivity index (χ2v) is 3.55. The number of benzene rings is 1. The molecule has 5 nitrogen and oxygen atoms in total. The summed E-state index contributed by atoms with van der Waals surface area (Å²) in [6.07, 6.45) is 0. The van der Waals surface area contributed by atoms with Crippen molar-refractivity contribution < 1.29 is 9.32 Å². The topological polar surface area (TPSA) is 68.0 Å². The fourth-order valence-corrected chi connectivity index (χ4v) is 1.38. The highest BCUT2D eigenvalue weighted by Crippen LogP contribution is 2.02. The van der Waals surface area contributed by atoms with E-state index in [9.17, 15) is 4.79 Å². The SMILES string of the molecule is O=C(NCc1noc(CCl)n1)c1ccccc1. The monoisotopic (exact) mass is 251 g/mol. The molecular formula is C11H10ClN3O2. The number of carbonyl (C=O) groups excluding carboxylic acids is 1. The molecule has 0 unspecified atom stereocenters. The van der Waals surface area contributed by atoms with E-state index in [0.717, 1.165) is 0 Å². The van der Waals surface area contributed by atoms with Crippen LogP contribution in [-0.4, -0.2) is 16.0 Å². The predicted octanol–water partition coefficient (Wildman–Crippen LogP) is 1.74. The lowest BCUT2D eigenvalue weighted by Crippen LogP contribution is -2.23. The van der Waals surface area contributed by atoms with Gasteiger partial charge in [-0.2, -0.15) is 4.98 Å². The summed E-state index contributed by atoms with van der Waals surface area (Å²) < 4.78 is 4.81. The lowest BCUT2D eigenvalue weighted by Gasteiger charge is -2.01. The first kappa shape index (κ1) is 11.6. The Kier molecular flexibility index (Phi) is 3.72. The molecule has 0 saturated carbocycles. The largest absolute Gasteiger partial charge is 0.345 e. The van der Waals surface area contributed by atoms with Crippen LogP contribution in [0.4, 0.5) is 0 Å². The summed E-state index contributed by atoms with van der Waals surface area (Å²) in [5, 5.41) is 6.35. The van der Waals surface area contributed by atoms with Gasteiger partial charge in [-0.3, -0.25) is 4.79 Å². The maximum absolute atomic E-state index is 11.7. The van der Waals surface area contributed by atoms with Crippen LogP contribution < -0.4 is 5.32 Å². The number of halogens is 1. The van der Waals surface area contributed by atoms with Gasteiger partial charge in [0.25, 0.3) is 5.91 Å². The summed E-state index contributed by atoms with van der Waals surface area (Å²) in [7, 11) is 0. The van der Waals surface area contributed by atoms with E-state index in [2.05, 4.69) is 15.5 Å². The fraction of sp³-hybridized carbons (Fsp3) is 0.182. The van der Waals surface area contributed by atoms with Crippen molar-refractivity contribution in [2.75, 3.05) is 0 Å². The molecule has 0 aliphatic heterocycles. The van der Waals surface area contributed by atoms with Crippen molar-refractivity contribution in [3.8, 4) is 0 Å². The van der Waals surface area contributed by atoms with Crippen LogP contribution in [0.5, 0.6) is 0 Å². The highest BCUT2D eigenvalue weighted by Gasteiger charge is 2.08. The number of carbonyl (C=O) groups is 1. The second kappa shape index (κ2) is 5.45. The highest BCUT2D eigenvalue weighted by molar-refractivity contribution is 6.16. The smallest absolute Gasteiger partial charge is 0.251 e. The Morgan fingerprint density at radius 3 is 2.76 bits per heavy atom. The molecule has 1 N–H and O–H groups in total. The molecule has 0 spiro atoms. The second-order valence-electron chi connectivity index (χ2n) is 3.29. The average Bonchev–Trinajstić information content (AvgIpc) is 2.85. The number of amides is 1. The first-order valence-corrected chi connectivity index (χ1v) is 5.53.